The van der Waals surface area contributed by atoms with E-state index in [9.17, 15) is 105 Å². The molecule has 4 aliphatic carbocycles. The molecule has 26 heteroatoms. The molecular weight excluding hydrogens is 767 g/mol. The monoisotopic (exact) mass is 766 g/mol. The minimum Gasteiger partial charge on any atom is -0.194 e. The van der Waals surface area contributed by atoms with Crippen LogP contribution in [0.1, 0.15) is 0 Å². The van der Waals surface area contributed by atoms with E-state index in [-0.39, 0.29) is 0 Å². The zero-order chi connectivity index (χ0) is 36.6. The molecule has 0 spiro atoms. The van der Waals surface area contributed by atoms with Gasteiger partial charge in [0.25, 0.3) is 0 Å². The minimum atomic E-state index is -7.84. The molecule has 0 atom stereocenters. The van der Waals surface area contributed by atoms with Gasteiger partial charge in [0, 0.05) is 22.3 Å². The number of halogens is 26. The van der Waals surface area contributed by atoms with Crippen molar-refractivity contribution >= 4 is 23.2 Å². The Kier molecular flexibility index (Phi) is 6.80. The molecule has 0 aliphatic heterocycles. The molecule has 0 nitrogen and oxygen atoms in total. The third kappa shape index (κ3) is 3.28. The first kappa shape index (κ1) is 36.7. The molecule has 4 rings (SSSR count). The van der Waals surface area contributed by atoms with Crippen LogP contribution in [-0.2, 0) is 0 Å². The Morgan fingerprint density at radius 1 is 0.217 bits per heavy atom. The van der Waals surface area contributed by atoms with Gasteiger partial charge in [0.1, 0.15) is 10.1 Å². The zero-order valence-electron chi connectivity index (χ0n) is 19.8. The number of hydrogen-bond donors (Lipinski definition) is 0. The Bertz CT molecular complexity index is 1450. The van der Waals surface area contributed by atoms with Gasteiger partial charge in [0.2, 0.25) is 0 Å². The molecule has 0 radical (unpaired) electrons. The predicted octanol–water partition coefficient (Wildman–Crippen LogP) is 10.2. The van der Waals surface area contributed by atoms with Gasteiger partial charge in [-0.05, 0) is 0 Å². The van der Waals surface area contributed by atoms with E-state index in [2.05, 4.69) is 23.2 Å². The summed E-state index contributed by atoms with van der Waals surface area (Å²) < 4.78 is 346. The number of rotatable bonds is 3. The second-order valence-electron chi connectivity index (χ2n) is 9.77. The van der Waals surface area contributed by atoms with Crippen molar-refractivity contribution in [3.63, 3.8) is 0 Å². The van der Waals surface area contributed by atoms with Crippen molar-refractivity contribution in [1.82, 2.24) is 0 Å². The van der Waals surface area contributed by atoms with Gasteiger partial charge >= 0.3 is 71.1 Å². The van der Waals surface area contributed by atoms with Crippen molar-refractivity contribution in [3.05, 3.63) is 43.5 Å². The van der Waals surface area contributed by atoms with Crippen LogP contribution in [0, 0.1) is 0 Å². The number of alkyl halides is 24. The molecular formula is C20Cl2F24. The van der Waals surface area contributed by atoms with Gasteiger partial charge in [-0.3, -0.25) is 0 Å². The molecule has 0 aromatic heterocycles. The summed E-state index contributed by atoms with van der Waals surface area (Å²) in [6, 6.07) is 0. The molecule has 4 aliphatic rings. The lowest BCUT2D eigenvalue weighted by Gasteiger charge is -2.28. The predicted molar refractivity (Wildman–Crippen MR) is 99.2 cm³/mol. The van der Waals surface area contributed by atoms with Crippen LogP contribution in [0.15, 0.2) is 43.5 Å². The first-order valence-electron chi connectivity index (χ1n) is 10.7. The van der Waals surface area contributed by atoms with E-state index >= 15 is 0 Å². The van der Waals surface area contributed by atoms with Crippen LogP contribution in [0.2, 0.25) is 0 Å². The van der Waals surface area contributed by atoms with E-state index in [1.165, 1.54) is 0 Å². The topological polar surface area (TPSA) is 0 Å². The lowest BCUT2D eigenvalue weighted by Crippen LogP contribution is -2.52. The molecule has 0 fully saturated rings. The SMILES string of the molecule is FC1(F)C(Cl)=C(C2=C(C3=C(C4=C(Cl)C(F)(F)C(F)(F)C4(F)F)C(F)(F)C(F)(F)C3(F)F)C(F)(F)C(F)(F)C2(F)F)C(F)(F)C1(F)F. The van der Waals surface area contributed by atoms with Crippen molar-refractivity contribution in [2.24, 2.45) is 0 Å². The Balaban J connectivity index is 2.43. The summed E-state index contributed by atoms with van der Waals surface area (Å²) in [6.45, 7) is 0. The Labute approximate surface area is 243 Å². The van der Waals surface area contributed by atoms with Crippen LogP contribution >= 0.6 is 23.2 Å². The van der Waals surface area contributed by atoms with Gasteiger partial charge in [-0.2, -0.15) is 105 Å². The van der Waals surface area contributed by atoms with Crippen LogP contribution in [0.25, 0.3) is 0 Å². The summed E-state index contributed by atoms with van der Waals surface area (Å²) in [4.78, 5) is 0. The first-order chi connectivity index (χ1) is 19.8. The van der Waals surface area contributed by atoms with Crippen LogP contribution in [0.4, 0.5) is 105 Å². The molecule has 0 aromatic carbocycles. The Morgan fingerprint density at radius 2 is 0.348 bits per heavy atom. The molecule has 0 saturated heterocycles. The van der Waals surface area contributed by atoms with Crippen LogP contribution in [-0.4, -0.2) is 71.1 Å². The maximum Gasteiger partial charge on any atom is 0.381 e. The van der Waals surface area contributed by atoms with Gasteiger partial charge in [-0.25, -0.2) is 0 Å². The van der Waals surface area contributed by atoms with Crippen molar-refractivity contribution in [1.29, 1.82) is 0 Å². The van der Waals surface area contributed by atoms with Crippen molar-refractivity contribution in [2.75, 3.05) is 0 Å². The smallest absolute Gasteiger partial charge is 0.194 e. The second kappa shape index (κ2) is 8.52. The maximum atomic E-state index is 14.9. The molecule has 0 amide bonds. The summed E-state index contributed by atoms with van der Waals surface area (Å²) in [5, 5.41) is -7.88. The Hall–Kier alpha value is -2.14. The highest BCUT2D eigenvalue weighted by atomic mass is 35.5. The third-order valence-corrected chi connectivity index (χ3v) is 8.13. The van der Waals surface area contributed by atoms with E-state index < -0.39 is 115 Å². The largest absolute Gasteiger partial charge is 0.381 e. The zero-order valence-corrected chi connectivity index (χ0v) is 21.3. The van der Waals surface area contributed by atoms with Crippen molar-refractivity contribution < 1.29 is 105 Å². The van der Waals surface area contributed by atoms with E-state index in [0.29, 0.717) is 0 Å². The molecule has 46 heavy (non-hydrogen) atoms. The average Bonchev–Trinajstić information content (AvgIpc) is 3.11. The summed E-state index contributed by atoms with van der Waals surface area (Å²) in [6.07, 6.45) is 0. The quantitative estimate of drug-likeness (QED) is 0.251. The van der Waals surface area contributed by atoms with Gasteiger partial charge in [-0.1, -0.05) is 23.2 Å². The molecule has 0 bridgehead atoms. The van der Waals surface area contributed by atoms with Crippen LogP contribution < -0.4 is 0 Å². The minimum absolute atomic E-state index is 3.94. The standard InChI is InChI=1S/C20Cl2F24/c21-7-5(13(31,32)19(43,44)15(7,35)36)3-1(9(23,24)17(39,40)11(3,27)28)2-4(12(29,30)18(41,42)10(2,25)26)6-8(22)16(37,38)20(45,46)14(6,33)34. The second-order valence-corrected chi connectivity index (χ2v) is 10.5. The van der Waals surface area contributed by atoms with E-state index in [1.54, 1.807) is 0 Å². The molecule has 0 saturated carbocycles. The van der Waals surface area contributed by atoms with Gasteiger partial charge in [-0.15, -0.1) is 0 Å². The van der Waals surface area contributed by atoms with Gasteiger partial charge in [0.15, 0.2) is 0 Å². The summed E-state index contributed by atoms with van der Waals surface area (Å²) in [5.41, 5.74) is -28.5. The molecule has 0 heterocycles. The molecule has 262 valence electrons. The molecule has 0 N–H and O–H groups in total. The lowest BCUT2D eigenvalue weighted by molar-refractivity contribution is -0.274. The van der Waals surface area contributed by atoms with Gasteiger partial charge in [0.05, 0.1) is 11.1 Å². The van der Waals surface area contributed by atoms with Crippen molar-refractivity contribution in [2.45, 2.75) is 71.1 Å². The molecule has 0 aromatic rings. The summed E-state index contributed by atoms with van der Waals surface area (Å²) >= 11 is 8.92. The first-order valence-corrected chi connectivity index (χ1v) is 11.4. The Morgan fingerprint density at radius 3 is 0.500 bits per heavy atom. The van der Waals surface area contributed by atoms with E-state index in [4.69, 9.17) is 0 Å². The maximum absolute atomic E-state index is 14.9. The lowest BCUT2D eigenvalue weighted by atomic mass is 9.86. The number of hydrogen-bond acceptors (Lipinski definition) is 0. The fraction of sp³-hybridized carbons (Fsp3) is 0.600. The van der Waals surface area contributed by atoms with Gasteiger partial charge < -0.3 is 0 Å². The average molecular weight is 767 g/mol. The normalized spacial score (nSPS) is 33.0. The van der Waals surface area contributed by atoms with Crippen LogP contribution in [0.5, 0.6) is 0 Å². The highest BCUT2D eigenvalue weighted by molar-refractivity contribution is 6.32. The highest BCUT2D eigenvalue weighted by Crippen LogP contribution is 2.75. The number of allylic oxidation sites excluding steroid dienone is 8. The summed E-state index contributed by atoms with van der Waals surface area (Å²) in [5.74, 6) is -89.8. The molecule has 0 unspecified atom stereocenters. The summed E-state index contributed by atoms with van der Waals surface area (Å²) in [7, 11) is 0. The highest BCUT2D eigenvalue weighted by Gasteiger charge is 2.92. The fourth-order valence-corrected chi connectivity index (χ4v) is 5.55. The van der Waals surface area contributed by atoms with E-state index in [0.717, 1.165) is 0 Å². The van der Waals surface area contributed by atoms with Crippen LogP contribution in [0.3, 0.4) is 0 Å². The third-order valence-electron chi connectivity index (χ3n) is 7.28. The van der Waals surface area contributed by atoms with Crippen molar-refractivity contribution in [3.8, 4) is 0 Å². The fourth-order valence-electron chi connectivity index (χ4n) is 4.89. The van der Waals surface area contributed by atoms with E-state index in [1.807, 2.05) is 0 Å².